The summed E-state index contributed by atoms with van der Waals surface area (Å²) in [6.07, 6.45) is 29.3. The predicted molar refractivity (Wildman–Crippen MR) is 171 cm³/mol. The van der Waals surface area contributed by atoms with E-state index in [0.29, 0.717) is 6.42 Å². The van der Waals surface area contributed by atoms with E-state index in [1.807, 2.05) is 6.08 Å². The first-order valence-corrected chi connectivity index (χ1v) is 18.0. The largest absolute Gasteiger partial charge is 0.472 e. The maximum atomic E-state index is 12.6. The molecule has 0 aromatic heterocycles. The van der Waals surface area contributed by atoms with Gasteiger partial charge in [0.05, 0.1) is 25.4 Å². The molecule has 41 heavy (non-hydrogen) atoms. The highest BCUT2D eigenvalue weighted by atomic mass is 31.2. The van der Waals surface area contributed by atoms with Gasteiger partial charge in [0.1, 0.15) is 0 Å². The number of hydrogen-bond donors (Lipinski definition) is 4. The number of allylic oxidation sites excluding steroid dienone is 3. The van der Waals surface area contributed by atoms with Gasteiger partial charge >= 0.3 is 7.82 Å². The fourth-order valence-corrected chi connectivity index (χ4v) is 5.22. The summed E-state index contributed by atoms with van der Waals surface area (Å²) in [5.74, 6) is -0.209. The quantitative estimate of drug-likeness (QED) is 0.0374. The molecule has 3 atom stereocenters. The Balaban J connectivity index is 4.45. The van der Waals surface area contributed by atoms with Gasteiger partial charge in [-0.15, -0.1) is 0 Å². The number of rotatable bonds is 30. The topological polar surface area (TPSA) is 131 Å². The van der Waals surface area contributed by atoms with E-state index in [2.05, 4.69) is 31.3 Å². The van der Waals surface area contributed by atoms with Gasteiger partial charge in [0.25, 0.3) is 0 Å². The number of nitrogens with one attached hydrogen (secondary N) is 1. The summed E-state index contributed by atoms with van der Waals surface area (Å²) in [5, 5.41) is 13.5. The summed E-state index contributed by atoms with van der Waals surface area (Å²) in [6.45, 7) is 4.04. The molecular formula is C32H63N2O6P. The molecule has 0 radical (unpaired) electrons. The van der Waals surface area contributed by atoms with Crippen molar-refractivity contribution in [2.24, 2.45) is 5.73 Å². The number of phosphoric acid groups is 1. The minimum atomic E-state index is -4.32. The number of amides is 1. The molecule has 5 N–H and O–H groups in total. The van der Waals surface area contributed by atoms with Crippen LogP contribution in [0.4, 0.5) is 0 Å². The van der Waals surface area contributed by atoms with Crippen LogP contribution in [0.1, 0.15) is 142 Å². The Morgan fingerprint density at radius 2 is 1.29 bits per heavy atom. The van der Waals surface area contributed by atoms with Crippen LogP contribution in [-0.4, -0.2) is 47.8 Å². The summed E-state index contributed by atoms with van der Waals surface area (Å²) >= 11 is 0. The highest BCUT2D eigenvalue weighted by Gasteiger charge is 2.26. The Hall–Kier alpha value is -1.02. The van der Waals surface area contributed by atoms with Crippen molar-refractivity contribution in [1.29, 1.82) is 0 Å². The third-order valence-corrected chi connectivity index (χ3v) is 8.01. The molecule has 0 saturated heterocycles. The molecule has 0 spiro atoms. The predicted octanol–water partition coefficient (Wildman–Crippen LogP) is 7.88. The van der Waals surface area contributed by atoms with E-state index in [-0.39, 0.29) is 25.7 Å². The van der Waals surface area contributed by atoms with Gasteiger partial charge in [-0.05, 0) is 38.5 Å². The molecule has 0 bridgehead atoms. The molecular weight excluding hydrogens is 539 g/mol. The van der Waals surface area contributed by atoms with Crippen LogP contribution >= 0.6 is 7.82 Å². The molecule has 0 aromatic carbocycles. The number of hydrogen-bond acceptors (Lipinski definition) is 6. The van der Waals surface area contributed by atoms with Crippen LogP contribution < -0.4 is 11.1 Å². The molecule has 0 aliphatic rings. The lowest BCUT2D eigenvalue weighted by Gasteiger charge is -2.23. The van der Waals surface area contributed by atoms with E-state index in [4.69, 9.17) is 14.8 Å². The summed E-state index contributed by atoms with van der Waals surface area (Å²) in [4.78, 5) is 22.4. The Bertz CT molecular complexity index is 704. The van der Waals surface area contributed by atoms with E-state index < -0.39 is 20.0 Å². The molecule has 0 saturated carbocycles. The minimum absolute atomic E-state index is 0.0773. The van der Waals surface area contributed by atoms with E-state index in [1.54, 1.807) is 6.08 Å². The van der Waals surface area contributed by atoms with Gasteiger partial charge < -0.3 is 21.1 Å². The summed E-state index contributed by atoms with van der Waals surface area (Å²) in [5.41, 5.74) is 5.33. The number of aliphatic hydroxyl groups excluding tert-OH is 1. The molecule has 0 fully saturated rings. The summed E-state index contributed by atoms with van der Waals surface area (Å²) in [6, 6.07) is -0.858. The van der Waals surface area contributed by atoms with Gasteiger partial charge in [0.15, 0.2) is 0 Å². The van der Waals surface area contributed by atoms with Crippen molar-refractivity contribution < 1.29 is 28.4 Å². The van der Waals surface area contributed by atoms with Gasteiger partial charge in [-0.3, -0.25) is 13.8 Å². The maximum absolute atomic E-state index is 12.6. The lowest BCUT2D eigenvalue weighted by Crippen LogP contribution is -2.45. The number of phosphoric ester groups is 1. The molecule has 8 nitrogen and oxygen atoms in total. The zero-order valence-corrected chi connectivity index (χ0v) is 27.2. The Morgan fingerprint density at radius 1 is 0.780 bits per heavy atom. The lowest BCUT2D eigenvalue weighted by molar-refractivity contribution is -0.123. The lowest BCUT2D eigenvalue weighted by atomic mass is 10.1. The SMILES string of the molecule is CCCC/C=C\CCCCCCCC(=O)NC(COP(=O)(O)OCCN)C(O)/C=C/CCCCCCCCCCC. The van der Waals surface area contributed by atoms with Crippen LogP contribution in [0.5, 0.6) is 0 Å². The van der Waals surface area contributed by atoms with Crippen molar-refractivity contribution >= 4 is 13.7 Å². The first-order valence-electron chi connectivity index (χ1n) is 16.5. The zero-order chi connectivity index (χ0) is 30.4. The fraction of sp³-hybridized carbons (Fsp3) is 0.844. The molecule has 3 unspecified atom stereocenters. The summed E-state index contributed by atoms with van der Waals surface area (Å²) < 4.78 is 21.9. The highest BCUT2D eigenvalue weighted by Crippen LogP contribution is 2.43. The van der Waals surface area contributed by atoms with Crippen LogP contribution in [0, 0.1) is 0 Å². The Labute approximate surface area is 251 Å². The molecule has 0 rings (SSSR count). The molecule has 0 aliphatic heterocycles. The first kappa shape index (κ1) is 40.0. The van der Waals surface area contributed by atoms with Crippen LogP contribution in [0.25, 0.3) is 0 Å². The zero-order valence-electron chi connectivity index (χ0n) is 26.3. The van der Waals surface area contributed by atoms with Gasteiger partial charge in [-0.25, -0.2) is 4.57 Å². The number of nitrogens with two attached hydrogens (primary N) is 1. The second-order valence-corrected chi connectivity index (χ2v) is 12.5. The molecule has 0 heterocycles. The van der Waals surface area contributed by atoms with Crippen LogP contribution in [0.3, 0.4) is 0 Å². The third kappa shape index (κ3) is 27.6. The minimum Gasteiger partial charge on any atom is -0.387 e. The van der Waals surface area contributed by atoms with Crippen molar-refractivity contribution in [1.82, 2.24) is 5.32 Å². The molecule has 9 heteroatoms. The van der Waals surface area contributed by atoms with Crippen molar-refractivity contribution in [3.05, 3.63) is 24.3 Å². The maximum Gasteiger partial charge on any atom is 0.472 e. The third-order valence-electron chi connectivity index (χ3n) is 7.02. The smallest absolute Gasteiger partial charge is 0.387 e. The van der Waals surface area contributed by atoms with Crippen molar-refractivity contribution in [3.8, 4) is 0 Å². The average Bonchev–Trinajstić information content (AvgIpc) is 2.95. The Morgan fingerprint density at radius 3 is 1.88 bits per heavy atom. The molecule has 0 aromatic rings. The van der Waals surface area contributed by atoms with E-state index in [9.17, 15) is 19.4 Å². The Kier molecular flexibility index (Phi) is 28.3. The molecule has 1 amide bonds. The molecule has 0 aliphatic carbocycles. The highest BCUT2D eigenvalue weighted by molar-refractivity contribution is 7.47. The van der Waals surface area contributed by atoms with Crippen LogP contribution in [-0.2, 0) is 18.4 Å². The van der Waals surface area contributed by atoms with Gasteiger partial charge in [0, 0.05) is 13.0 Å². The van der Waals surface area contributed by atoms with Crippen molar-refractivity contribution in [2.75, 3.05) is 19.8 Å². The first-order chi connectivity index (χ1) is 19.9. The number of unbranched alkanes of at least 4 members (excludes halogenated alkanes) is 16. The van der Waals surface area contributed by atoms with E-state index in [0.717, 1.165) is 57.8 Å². The van der Waals surface area contributed by atoms with Gasteiger partial charge in [-0.1, -0.05) is 122 Å². The number of carbonyl (C=O) groups excluding carboxylic acids is 1. The van der Waals surface area contributed by atoms with Crippen molar-refractivity contribution in [2.45, 2.75) is 154 Å². The second-order valence-electron chi connectivity index (χ2n) is 11.0. The normalized spacial score (nSPS) is 15.0. The average molecular weight is 603 g/mol. The fourth-order valence-electron chi connectivity index (χ4n) is 4.46. The van der Waals surface area contributed by atoms with E-state index in [1.165, 1.54) is 64.2 Å². The monoisotopic (exact) mass is 602 g/mol. The van der Waals surface area contributed by atoms with Gasteiger partial charge in [-0.2, -0.15) is 0 Å². The number of carbonyl (C=O) groups is 1. The van der Waals surface area contributed by atoms with Crippen LogP contribution in [0.15, 0.2) is 24.3 Å². The van der Waals surface area contributed by atoms with Crippen LogP contribution in [0.2, 0.25) is 0 Å². The van der Waals surface area contributed by atoms with Gasteiger partial charge in [0.2, 0.25) is 5.91 Å². The number of aliphatic hydroxyl groups is 1. The summed E-state index contributed by atoms with van der Waals surface area (Å²) in [7, 11) is -4.32. The van der Waals surface area contributed by atoms with Crippen molar-refractivity contribution in [3.63, 3.8) is 0 Å². The second kappa shape index (κ2) is 29.1. The van der Waals surface area contributed by atoms with E-state index >= 15 is 0 Å². The standard InChI is InChI=1S/C32H63N2O6P/c1-3-5-7-9-11-13-15-17-19-21-23-25-31(35)30(29-40-41(37,38)39-28-27-33)34-32(36)26-24-22-20-18-16-14-12-10-8-6-4-2/h10,12,23,25,30-31,35H,3-9,11,13-22,24,26-29,33H2,1-2H3,(H,34,36)(H,37,38)/b12-10-,25-23+. The molecule has 242 valence electrons.